The Morgan fingerprint density at radius 1 is 1.22 bits per heavy atom. The maximum Gasteiger partial charge on any atom is 0.224 e. The third kappa shape index (κ3) is 7.39. The highest BCUT2D eigenvalue weighted by atomic mass is 127. The van der Waals surface area contributed by atoms with Crippen LogP contribution in [0.1, 0.15) is 63.0 Å². The van der Waals surface area contributed by atoms with Crippen LogP contribution in [0.5, 0.6) is 5.75 Å². The van der Waals surface area contributed by atoms with Crippen molar-refractivity contribution in [2.45, 2.75) is 58.9 Å². The molecule has 0 saturated carbocycles. The van der Waals surface area contributed by atoms with Crippen molar-refractivity contribution in [1.29, 1.82) is 0 Å². The SMILES string of the molecule is CCNC(=NCc1cc(C(CC)CC)no1)NCCOc1ccc2c(c1)CCC(=O)N2.I. The number of guanidine groups is 1. The van der Waals surface area contributed by atoms with E-state index in [-0.39, 0.29) is 29.9 Å². The Balaban J connectivity index is 0.00000363. The predicted molar refractivity (Wildman–Crippen MR) is 137 cm³/mol. The monoisotopic (exact) mass is 555 g/mol. The highest BCUT2D eigenvalue weighted by Gasteiger charge is 2.15. The number of hydrogen-bond donors (Lipinski definition) is 3. The summed E-state index contributed by atoms with van der Waals surface area (Å²) >= 11 is 0. The van der Waals surface area contributed by atoms with Gasteiger partial charge >= 0.3 is 0 Å². The van der Waals surface area contributed by atoms with Gasteiger partial charge in [0.15, 0.2) is 11.7 Å². The normalized spacial score (nSPS) is 13.2. The zero-order chi connectivity index (χ0) is 22.1. The molecule has 0 saturated heterocycles. The number of carbonyl (C=O) groups is 1. The van der Waals surface area contributed by atoms with E-state index >= 15 is 0 Å². The molecule has 0 fully saturated rings. The fourth-order valence-corrected chi connectivity index (χ4v) is 3.59. The molecule has 2 heterocycles. The summed E-state index contributed by atoms with van der Waals surface area (Å²) in [7, 11) is 0. The number of nitrogens with one attached hydrogen (secondary N) is 3. The fourth-order valence-electron chi connectivity index (χ4n) is 3.59. The maximum absolute atomic E-state index is 11.5. The Bertz CT molecular complexity index is 896. The van der Waals surface area contributed by atoms with Crippen molar-refractivity contribution >= 4 is 41.5 Å². The molecule has 0 unspecified atom stereocenters. The number of aryl methyl sites for hydroxylation is 1. The molecular weight excluding hydrogens is 521 g/mol. The van der Waals surface area contributed by atoms with E-state index in [1.54, 1.807) is 0 Å². The molecule has 8 nitrogen and oxygen atoms in total. The van der Waals surface area contributed by atoms with Crippen LogP contribution >= 0.6 is 24.0 Å². The van der Waals surface area contributed by atoms with Gasteiger partial charge in [-0.2, -0.15) is 0 Å². The Hall–Kier alpha value is -2.30. The van der Waals surface area contributed by atoms with E-state index in [2.05, 4.69) is 39.9 Å². The summed E-state index contributed by atoms with van der Waals surface area (Å²) in [5.74, 6) is 2.77. The average Bonchev–Trinajstić information content (AvgIpc) is 3.24. The van der Waals surface area contributed by atoms with Crippen LogP contribution in [-0.2, 0) is 17.8 Å². The fraction of sp³-hybridized carbons (Fsp3) is 0.522. The lowest BCUT2D eigenvalue weighted by Crippen LogP contribution is -2.39. The number of rotatable bonds is 10. The molecular formula is C23H34IN5O3. The Morgan fingerprint density at radius 3 is 2.78 bits per heavy atom. The van der Waals surface area contributed by atoms with E-state index in [1.807, 2.05) is 31.2 Å². The van der Waals surface area contributed by atoms with Crippen LogP contribution in [0.4, 0.5) is 5.69 Å². The van der Waals surface area contributed by atoms with Crippen molar-refractivity contribution in [2.75, 3.05) is 25.0 Å². The highest BCUT2D eigenvalue weighted by Crippen LogP contribution is 2.26. The molecule has 3 rings (SSSR count). The number of carbonyl (C=O) groups excluding carboxylic acids is 1. The Morgan fingerprint density at radius 2 is 2.03 bits per heavy atom. The largest absolute Gasteiger partial charge is 0.492 e. The van der Waals surface area contributed by atoms with E-state index in [0.717, 1.165) is 54.3 Å². The van der Waals surface area contributed by atoms with Gasteiger partial charge in [0.2, 0.25) is 5.91 Å². The van der Waals surface area contributed by atoms with E-state index in [0.29, 0.717) is 38.0 Å². The molecule has 0 radical (unpaired) electrons. The van der Waals surface area contributed by atoms with Crippen molar-refractivity contribution in [2.24, 2.45) is 4.99 Å². The zero-order valence-electron chi connectivity index (χ0n) is 19.1. The number of halogens is 1. The molecule has 2 aromatic rings. The van der Waals surface area contributed by atoms with Crippen molar-refractivity contribution in [1.82, 2.24) is 15.8 Å². The van der Waals surface area contributed by atoms with Crippen molar-refractivity contribution in [3.8, 4) is 5.75 Å². The first kappa shape index (κ1) is 26.0. The van der Waals surface area contributed by atoms with Gasteiger partial charge in [0.25, 0.3) is 0 Å². The lowest BCUT2D eigenvalue weighted by molar-refractivity contribution is -0.116. The summed E-state index contributed by atoms with van der Waals surface area (Å²) in [6.45, 7) is 8.65. The summed E-state index contributed by atoms with van der Waals surface area (Å²) < 4.78 is 11.3. The van der Waals surface area contributed by atoms with E-state index in [4.69, 9.17) is 9.26 Å². The second-order valence-electron chi connectivity index (χ2n) is 7.57. The Kier molecular flexibility index (Phi) is 10.8. The minimum Gasteiger partial charge on any atom is -0.492 e. The molecule has 9 heteroatoms. The molecule has 1 aromatic heterocycles. The van der Waals surface area contributed by atoms with Gasteiger partial charge < -0.3 is 25.2 Å². The first-order valence-corrected chi connectivity index (χ1v) is 11.2. The second-order valence-corrected chi connectivity index (χ2v) is 7.57. The van der Waals surface area contributed by atoms with Crippen molar-refractivity contribution in [3.05, 3.63) is 41.3 Å². The van der Waals surface area contributed by atoms with E-state index in [1.165, 1.54) is 0 Å². The molecule has 0 spiro atoms. The summed E-state index contributed by atoms with van der Waals surface area (Å²) in [6.07, 6.45) is 3.36. The standard InChI is InChI=1S/C23H33N5O3.HI/c1-4-16(5-2)21-14-19(31-28-21)15-26-23(24-6-3)25-11-12-30-18-8-9-20-17(13-18)7-10-22(29)27-20;/h8-9,13-14,16H,4-7,10-12,15H2,1-3H3,(H,27,29)(H2,24,25,26);1H. The summed E-state index contributed by atoms with van der Waals surface area (Å²) in [4.78, 5) is 16.0. The lowest BCUT2D eigenvalue weighted by atomic mass is 9.99. The highest BCUT2D eigenvalue weighted by molar-refractivity contribution is 14.0. The van der Waals surface area contributed by atoms with Crippen LogP contribution < -0.4 is 20.7 Å². The topological polar surface area (TPSA) is 101 Å². The van der Waals surface area contributed by atoms with Crippen molar-refractivity contribution in [3.63, 3.8) is 0 Å². The third-order valence-electron chi connectivity index (χ3n) is 5.35. The molecule has 0 aliphatic carbocycles. The van der Waals surface area contributed by atoms with Gasteiger partial charge in [0.1, 0.15) is 18.9 Å². The molecule has 3 N–H and O–H groups in total. The molecule has 1 aromatic carbocycles. The number of nitrogens with zero attached hydrogens (tertiary/aromatic N) is 2. The number of fused-ring (bicyclic) bond motifs is 1. The van der Waals surface area contributed by atoms with Gasteiger partial charge in [-0.15, -0.1) is 24.0 Å². The van der Waals surface area contributed by atoms with Crippen LogP contribution in [0.15, 0.2) is 33.8 Å². The van der Waals surface area contributed by atoms with Gasteiger partial charge in [-0.1, -0.05) is 19.0 Å². The smallest absolute Gasteiger partial charge is 0.224 e. The van der Waals surface area contributed by atoms with Crippen LogP contribution in [0.3, 0.4) is 0 Å². The van der Waals surface area contributed by atoms with Crippen molar-refractivity contribution < 1.29 is 14.1 Å². The summed E-state index contributed by atoms with van der Waals surface area (Å²) in [5.41, 5.74) is 2.99. The molecule has 0 bridgehead atoms. The zero-order valence-corrected chi connectivity index (χ0v) is 21.4. The van der Waals surface area contributed by atoms with Crippen LogP contribution in [0.25, 0.3) is 0 Å². The van der Waals surface area contributed by atoms with Crippen LogP contribution in [0.2, 0.25) is 0 Å². The minimum absolute atomic E-state index is 0. The Labute approximate surface area is 207 Å². The first-order chi connectivity index (χ1) is 15.1. The lowest BCUT2D eigenvalue weighted by Gasteiger charge is -2.18. The number of ether oxygens (including phenoxy) is 1. The number of aromatic nitrogens is 1. The van der Waals surface area contributed by atoms with Crippen LogP contribution in [-0.4, -0.2) is 36.7 Å². The average molecular weight is 555 g/mol. The first-order valence-electron chi connectivity index (χ1n) is 11.2. The second kappa shape index (κ2) is 13.3. The maximum atomic E-state index is 11.5. The molecule has 1 aliphatic rings. The number of amides is 1. The predicted octanol–water partition coefficient (Wildman–Crippen LogP) is 4.22. The van der Waals surface area contributed by atoms with Crippen LogP contribution in [0, 0.1) is 0 Å². The van der Waals surface area contributed by atoms with E-state index in [9.17, 15) is 4.79 Å². The van der Waals surface area contributed by atoms with Gasteiger partial charge in [0.05, 0.1) is 12.2 Å². The number of aliphatic imine (C=N–C) groups is 1. The van der Waals surface area contributed by atoms with Gasteiger partial charge in [-0.3, -0.25) is 4.79 Å². The molecule has 176 valence electrons. The summed E-state index contributed by atoms with van der Waals surface area (Å²) in [5, 5.41) is 13.6. The molecule has 32 heavy (non-hydrogen) atoms. The minimum atomic E-state index is 0. The molecule has 1 amide bonds. The van der Waals surface area contributed by atoms with E-state index < -0.39 is 0 Å². The van der Waals surface area contributed by atoms with Gasteiger partial charge in [0, 0.05) is 30.6 Å². The van der Waals surface area contributed by atoms with Gasteiger partial charge in [-0.25, -0.2) is 4.99 Å². The third-order valence-corrected chi connectivity index (χ3v) is 5.35. The summed E-state index contributed by atoms with van der Waals surface area (Å²) in [6, 6.07) is 7.78. The van der Waals surface area contributed by atoms with Gasteiger partial charge in [-0.05, 0) is 49.9 Å². The quantitative estimate of drug-likeness (QED) is 0.176. The number of hydrogen-bond acceptors (Lipinski definition) is 5. The number of anilines is 1. The molecule has 0 atom stereocenters. The molecule has 1 aliphatic heterocycles. The number of benzene rings is 1.